The molecule has 1 atom stereocenters. The molecular formula is C29H38N4O4S. The lowest BCUT2D eigenvalue weighted by atomic mass is 9.74. The highest BCUT2D eigenvalue weighted by Gasteiger charge is 2.48. The Morgan fingerprint density at radius 2 is 1.63 bits per heavy atom. The molecule has 5 rings (SSSR count). The van der Waals surface area contributed by atoms with Gasteiger partial charge in [0, 0.05) is 25.0 Å². The van der Waals surface area contributed by atoms with E-state index in [1.54, 1.807) is 13.8 Å². The lowest BCUT2D eigenvalue weighted by Gasteiger charge is -2.41. The third-order valence-corrected chi connectivity index (χ3v) is 9.64. The molecule has 3 aliphatic rings. The molecule has 2 amide bonds. The van der Waals surface area contributed by atoms with Crippen LogP contribution in [-0.2, 0) is 37.9 Å². The van der Waals surface area contributed by atoms with Crippen LogP contribution in [0.5, 0.6) is 0 Å². The van der Waals surface area contributed by atoms with E-state index < -0.39 is 21.6 Å². The second-order valence-electron chi connectivity index (χ2n) is 11.9. The van der Waals surface area contributed by atoms with Crippen molar-refractivity contribution >= 4 is 27.5 Å². The van der Waals surface area contributed by atoms with E-state index in [1.807, 2.05) is 41.3 Å². The number of likely N-dealkylation sites (tertiary alicyclic amines) is 1. The predicted octanol–water partition coefficient (Wildman–Crippen LogP) is 2.35. The van der Waals surface area contributed by atoms with Crippen LogP contribution in [0.3, 0.4) is 0 Å². The van der Waals surface area contributed by atoms with Gasteiger partial charge in [0.25, 0.3) is 0 Å². The number of nitrogens with two attached hydrogens (primary N) is 1. The van der Waals surface area contributed by atoms with E-state index in [-0.39, 0.29) is 23.1 Å². The van der Waals surface area contributed by atoms with E-state index in [4.69, 9.17) is 5.73 Å². The fourth-order valence-electron chi connectivity index (χ4n) is 6.40. The number of carbonyl (C=O) groups excluding carboxylic acids is 2. The first-order valence-electron chi connectivity index (χ1n) is 13.4. The third-order valence-electron chi connectivity index (χ3n) is 8.52. The van der Waals surface area contributed by atoms with E-state index in [0.29, 0.717) is 38.9 Å². The van der Waals surface area contributed by atoms with Crippen LogP contribution in [0.4, 0.5) is 5.69 Å². The van der Waals surface area contributed by atoms with Crippen LogP contribution in [-0.4, -0.2) is 62.6 Å². The van der Waals surface area contributed by atoms with Crippen molar-refractivity contribution in [2.45, 2.75) is 62.9 Å². The Balaban J connectivity index is 1.32. The molecule has 1 aliphatic carbocycles. The molecule has 2 aromatic carbocycles. The first-order chi connectivity index (χ1) is 17.9. The monoisotopic (exact) mass is 538 g/mol. The molecule has 0 unspecified atom stereocenters. The Morgan fingerprint density at radius 3 is 2.21 bits per heavy atom. The van der Waals surface area contributed by atoms with Crippen molar-refractivity contribution in [1.82, 2.24) is 10.2 Å². The van der Waals surface area contributed by atoms with E-state index in [1.165, 1.54) is 21.7 Å². The summed E-state index contributed by atoms with van der Waals surface area (Å²) < 4.78 is 26.6. The summed E-state index contributed by atoms with van der Waals surface area (Å²) in [6.45, 7) is 4.70. The number of piperidine rings is 1. The second kappa shape index (κ2) is 9.68. The summed E-state index contributed by atoms with van der Waals surface area (Å²) in [4.78, 5) is 28.6. The van der Waals surface area contributed by atoms with E-state index in [9.17, 15) is 18.0 Å². The molecule has 204 valence electrons. The van der Waals surface area contributed by atoms with Gasteiger partial charge in [-0.05, 0) is 74.6 Å². The summed E-state index contributed by atoms with van der Waals surface area (Å²) in [5, 5.41) is 2.97. The Hall–Kier alpha value is -2.91. The molecule has 2 aromatic rings. The van der Waals surface area contributed by atoms with Crippen molar-refractivity contribution in [3.05, 3.63) is 65.2 Å². The van der Waals surface area contributed by atoms with Gasteiger partial charge in [-0.15, -0.1) is 0 Å². The van der Waals surface area contributed by atoms with Gasteiger partial charge in [-0.25, -0.2) is 8.42 Å². The zero-order chi connectivity index (χ0) is 27.3. The Labute approximate surface area is 225 Å². The zero-order valence-corrected chi connectivity index (χ0v) is 23.3. The summed E-state index contributed by atoms with van der Waals surface area (Å²) in [6.07, 6.45) is 4.92. The molecule has 1 fully saturated rings. The van der Waals surface area contributed by atoms with E-state index in [2.05, 4.69) is 17.4 Å². The minimum absolute atomic E-state index is 0.0837. The number of sulfonamides is 1. The maximum Gasteiger partial charge on any atom is 0.245 e. The molecule has 0 aromatic heterocycles. The van der Waals surface area contributed by atoms with Crippen LogP contribution in [0.2, 0.25) is 0 Å². The van der Waals surface area contributed by atoms with Crippen molar-refractivity contribution in [3.63, 3.8) is 0 Å². The molecule has 2 aliphatic heterocycles. The number of carbonyl (C=O) groups is 2. The van der Waals surface area contributed by atoms with Gasteiger partial charge in [-0.1, -0.05) is 42.5 Å². The molecular weight excluding hydrogens is 500 g/mol. The van der Waals surface area contributed by atoms with E-state index >= 15 is 0 Å². The maximum atomic E-state index is 13.9. The van der Waals surface area contributed by atoms with Crippen LogP contribution in [0.25, 0.3) is 0 Å². The maximum absolute atomic E-state index is 13.9. The van der Waals surface area contributed by atoms with Gasteiger partial charge in [0.05, 0.1) is 17.5 Å². The quantitative estimate of drug-likeness (QED) is 0.586. The van der Waals surface area contributed by atoms with Crippen molar-refractivity contribution in [2.24, 2.45) is 11.7 Å². The Morgan fingerprint density at radius 1 is 1.05 bits per heavy atom. The number of nitrogens with zero attached hydrogens (tertiary/aromatic N) is 2. The lowest BCUT2D eigenvalue weighted by Crippen LogP contribution is -2.58. The molecule has 0 saturated carbocycles. The highest BCUT2D eigenvalue weighted by molar-refractivity contribution is 7.92. The minimum Gasteiger partial charge on any atom is -0.343 e. The van der Waals surface area contributed by atoms with Crippen LogP contribution in [0.15, 0.2) is 48.5 Å². The average Bonchev–Trinajstić information content (AvgIpc) is 3.42. The Bertz CT molecular complexity index is 1320. The van der Waals surface area contributed by atoms with Crippen molar-refractivity contribution < 1.29 is 18.0 Å². The summed E-state index contributed by atoms with van der Waals surface area (Å²) in [5.74, 6) is -0.156. The Kier molecular flexibility index (Phi) is 6.80. The highest BCUT2D eigenvalue weighted by atomic mass is 32.2. The average molecular weight is 539 g/mol. The smallest absolute Gasteiger partial charge is 0.245 e. The number of rotatable bonds is 6. The summed E-state index contributed by atoms with van der Waals surface area (Å²) in [7, 11) is -3.40. The predicted molar refractivity (Wildman–Crippen MR) is 148 cm³/mol. The molecule has 3 N–H and O–H groups in total. The number of hydrogen-bond donors (Lipinski definition) is 2. The van der Waals surface area contributed by atoms with Gasteiger partial charge in [0.1, 0.15) is 6.04 Å². The fourth-order valence-corrected chi connectivity index (χ4v) is 7.40. The summed E-state index contributed by atoms with van der Waals surface area (Å²) >= 11 is 0. The number of para-hydroxylation sites is 1. The lowest BCUT2D eigenvalue weighted by molar-refractivity contribution is -0.139. The van der Waals surface area contributed by atoms with Gasteiger partial charge >= 0.3 is 0 Å². The van der Waals surface area contributed by atoms with Crippen molar-refractivity contribution in [3.8, 4) is 0 Å². The molecule has 0 radical (unpaired) electrons. The SMILES string of the molecule is CC(C)(N)C(=O)N[C@H](CC1Cc2ccccc2C1)C(=O)N1CCC2(CC1)CN(S(C)(=O)=O)c1ccccc12. The zero-order valence-electron chi connectivity index (χ0n) is 22.4. The topological polar surface area (TPSA) is 113 Å². The highest BCUT2D eigenvalue weighted by Crippen LogP contribution is 2.47. The summed E-state index contributed by atoms with van der Waals surface area (Å²) in [6, 6.07) is 15.4. The molecule has 2 heterocycles. The van der Waals surface area contributed by atoms with Crippen molar-refractivity contribution in [2.75, 3.05) is 30.2 Å². The van der Waals surface area contributed by atoms with Gasteiger partial charge in [-0.2, -0.15) is 0 Å². The van der Waals surface area contributed by atoms with Gasteiger partial charge in [0.15, 0.2) is 0 Å². The largest absolute Gasteiger partial charge is 0.343 e. The van der Waals surface area contributed by atoms with Crippen LogP contribution in [0.1, 0.15) is 49.8 Å². The standard InChI is InChI=1S/C29H38N4O4S/c1-28(2,30)27(35)31-24(18-20-16-21-8-4-5-9-22(21)17-20)26(34)32-14-12-29(13-15-32)19-33(38(3,36)37)25-11-7-6-10-23(25)29/h4-11,20,24H,12-19,30H2,1-3H3,(H,31,35)/t24-/m1/s1. The minimum atomic E-state index is -3.40. The number of amides is 2. The first kappa shape index (κ1) is 26.7. The van der Waals surface area contributed by atoms with Crippen LogP contribution >= 0.6 is 0 Å². The van der Waals surface area contributed by atoms with Gasteiger partial charge < -0.3 is 16.0 Å². The number of hydrogen-bond acceptors (Lipinski definition) is 5. The molecule has 8 nitrogen and oxygen atoms in total. The second-order valence-corrected chi connectivity index (χ2v) is 13.8. The van der Waals surface area contributed by atoms with Crippen LogP contribution < -0.4 is 15.4 Å². The van der Waals surface area contributed by atoms with Crippen LogP contribution in [0, 0.1) is 5.92 Å². The number of nitrogens with one attached hydrogen (secondary N) is 1. The number of fused-ring (bicyclic) bond motifs is 3. The molecule has 0 bridgehead atoms. The molecule has 1 spiro atoms. The molecule has 1 saturated heterocycles. The fraction of sp³-hybridized carbons (Fsp3) is 0.517. The molecule has 9 heteroatoms. The van der Waals surface area contributed by atoms with Crippen molar-refractivity contribution in [1.29, 1.82) is 0 Å². The van der Waals surface area contributed by atoms with Gasteiger partial charge in [-0.3, -0.25) is 13.9 Å². The van der Waals surface area contributed by atoms with Gasteiger partial charge in [0.2, 0.25) is 21.8 Å². The van der Waals surface area contributed by atoms with E-state index in [0.717, 1.165) is 24.1 Å². The molecule has 38 heavy (non-hydrogen) atoms. The first-order valence-corrected chi connectivity index (χ1v) is 15.2. The number of anilines is 1. The summed E-state index contributed by atoms with van der Waals surface area (Å²) in [5.41, 5.74) is 9.05. The normalized spacial score (nSPS) is 19.8. The number of benzene rings is 2. The third kappa shape index (κ3) is 5.06.